The Labute approximate surface area is 129 Å². The number of amides is 1. The van der Waals surface area contributed by atoms with Crippen LogP contribution in [0.25, 0.3) is 0 Å². The fraction of sp³-hybridized carbons (Fsp3) is 0.562. The highest BCUT2D eigenvalue weighted by molar-refractivity contribution is 6.24. The van der Waals surface area contributed by atoms with Gasteiger partial charge in [0.2, 0.25) is 0 Å². The minimum Gasteiger partial charge on any atom is -0.395 e. The standard InChI is InChI=1S/C16H23NO5/c1-9-10(2)14(20)12(11(3)13(9)19)5-6-16(4,22)15(21)17-7-8-18/h18,22H,5-8H2,1-4H3,(H,17,21)/t16-/m1/s1. The van der Waals surface area contributed by atoms with Crippen molar-refractivity contribution in [2.45, 2.75) is 46.1 Å². The highest BCUT2D eigenvalue weighted by Gasteiger charge is 2.33. The highest BCUT2D eigenvalue weighted by Crippen LogP contribution is 2.28. The van der Waals surface area contributed by atoms with Crippen LogP contribution in [0.3, 0.4) is 0 Å². The van der Waals surface area contributed by atoms with E-state index in [0.29, 0.717) is 22.3 Å². The van der Waals surface area contributed by atoms with Gasteiger partial charge in [0.15, 0.2) is 11.6 Å². The maximum absolute atomic E-state index is 12.3. The van der Waals surface area contributed by atoms with Crippen molar-refractivity contribution in [3.8, 4) is 0 Å². The lowest BCUT2D eigenvalue weighted by Gasteiger charge is -2.24. The van der Waals surface area contributed by atoms with E-state index in [-0.39, 0.29) is 37.6 Å². The average molecular weight is 309 g/mol. The zero-order chi connectivity index (χ0) is 17.1. The third kappa shape index (κ3) is 3.69. The Balaban J connectivity index is 2.85. The Kier molecular flexibility index (Phi) is 5.79. The smallest absolute Gasteiger partial charge is 0.251 e. The fourth-order valence-corrected chi connectivity index (χ4v) is 2.30. The molecule has 0 aliphatic heterocycles. The van der Waals surface area contributed by atoms with Gasteiger partial charge in [-0.15, -0.1) is 0 Å². The zero-order valence-corrected chi connectivity index (χ0v) is 13.4. The fourth-order valence-electron chi connectivity index (χ4n) is 2.30. The van der Waals surface area contributed by atoms with Crippen LogP contribution in [0.2, 0.25) is 0 Å². The van der Waals surface area contributed by atoms with Crippen molar-refractivity contribution in [3.63, 3.8) is 0 Å². The van der Waals surface area contributed by atoms with E-state index >= 15 is 0 Å². The maximum atomic E-state index is 12.3. The van der Waals surface area contributed by atoms with Crippen LogP contribution in [-0.2, 0) is 14.4 Å². The van der Waals surface area contributed by atoms with Crippen LogP contribution in [0.1, 0.15) is 40.5 Å². The van der Waals surface area contributed by atoms with Gasteiger partial charge in [-0.2, -0.15) is 0 Å². The predicted molar refractivity (Wildman–Crippen MR) is 81.0 cm³/mol. The van der Waals surface area contributed by atoms with Crippen LogP contribution < -0.4 is 5.32 Å². The molecule has 1 aliphatic carbocycles. The first-order valence-corrected chi connectivity index (χ1v) is 7.21. The second-order valence-electron chi connectivity index (χ2n) is 5.77. The first-order chi connectivity index (χ1) is 10.1. The largest absolute Gasteiger partial charge is 0.395 e. The second kappa shape index (κ2) is 6.98. The number of hydrogen-bond donors (Lipinski definition) is 3. The summed E-state index contributed by atoms with van der Waals surface area (Å²) in [6, 6.07) is 0. The molecule has 22 heavy (non-hydrogen) atoms. The molecule has 0 saturated carbocycles. The van der Waals surface area contributed by atoms with Crippen LogP contribution in [0.5, 0.6) is 0 Å². The van der Waals surface area contributed by atoms with E-state index in [4.69, 9.17) is 5.11 Å². The van der Waals surface area contributed by atoms with E-state index in [1.54, 1.807) is 20.8 Å². The van der Waals surface area contributed by atoms with Gasteiger partial charge in [0.05, 0.1) is 6.61 Å². The van der Waals surface area contributed by atoms with Crippen LogP contribution in [-0.4, -0.2) is 46.4 Å². The van der Waals surface area contributed by atoms with Crippen molar-refractivity contribution in [1.82, 2.24) is 5.32 Å². The molecule has 0 fully saturated rings. The number of hydrogen-bond acceptors (Lipinski definition) is 5. The first kappa shape index (κ1) is 18.3. The third-order valence-corrected chi connectivity index (χ3v) is 4.06. The summed E-state index contributed by atoms with van der Waals surface area (Å²) in [6.45, 7) is 5.99. The van der Waals surface area contributed by atoms with Crippen molar-refractivity contribution in [3.05, 3.63) is 22.3 Å². The molecule has 0 heterocycles. The maximum Gasteiger partial charge on any atom is 0.251 e. The molecule has 0 aromatic heterocycles. The molecular weight excluding hydrogens is 286 g/mol. The quantitative estimate of drug-likeness (QED) is 0.617. The summed E-state index contributed by atoms with van der Waals surface area (Å²) in [7, 11) is 0. The van der Waals surface area contributed by atoms with Gasteiger partial charge in [0, 0.05) is 28.8 Å². The van der Waals surface area contributed by atoms with Gasteiger partial charge >= 0.3 is 0 Å². The molecule has 1 amide bonds. The van der Waals surface area contributed by atoms with E-state index in [0.717, 1.165) is 0 Å². The Morgan fingerprint density at radius 2 is 1.64 bits per heavy atom. The van der Waals surface area contributed by atoms with Gasteiger partial charge in [-0.3, -0.25) is 14.4 Å². The molecule has 6 heteroatoms. The number of aliphatic hydroxyl groups is 2. The van der Waals surface area contributed by atoms with Crippen molar-refractivity contribution < 1.29 is 24.6 Å². The molecule has 0 bridgehead atoms. The monoisotopic (exact) mass is 309 g/mol. The molecule has 1 atom stereocenters. The summed E-state index contributed by atoms with van der Waals surface area (Å²) in [5, 5.41) is 21.2. The van der Waals surface area contributed by atoms with Crippen LogP contribution in [0.15, 0.2) is 22.3 Å². The van der Waals surface area contributed by atoms with Crippen LogP contribution >= 0.6 is 0 Å². The summed E-state index contributed by atoms with van der Waals surface area (Å²) in [6.07, 6.45) is 0.156. The van der Waals surface area contributed by atoms with E-state index < -0.39 is 11.5 Å². The SMILES string of the molecule is CC1=C(C)C(=O)C(CC[C@@](C)(O)C(=O)NCCO)=C(C)C1=O. The molecule has 1 rings (SSSR count). The summed E-state index contributed by atoms with van der Waals surface area (Å²) < 4.78 is 0. The molecule has 0 unspecified atom stereocenters. The first-order valence-electron chi connectivity index (χ1n) is 7.21. The van der Waals surface area contributed by atoms with Crippen molar-refractivity contribution >= 4 is 17.5 Å². The highest BCUT2D eigenvalue weighted by atomic mass is 16.3. The Bertz CT molecular complexity index is 569. The number of allylic oxidation sites excluding steroid dienone is 4. The van der Waals surface area contributed by atoms with E-state index in [1.807, 2.05) is 0 Å². The molecule has 122 valence electrons. The number of aliphatic hydroxyl groups excluding tert-OH is 1. The molecular formula is C16H23NO5. The Hall–Kier alpha value is -1.79. The summed E-state index contributed by atoms with van der Waals surface area (Å²) >= 11 is 0. The predicted octanol–water partition coefficient (Wildman–Crippen LogP) is 0.431. The Morgan fingerprint density at radius 1 is 1.09 bits per heavy atom. The third-order valence-electron chi connectivity index (χ3n) is 4.06. The molecule has 0 radical (unpaired) electrons. The second-order valence-corrected chi connectivity index (χ2v) is 5.77. The van der Waals surface area contributed by atoms with Crippen molar-refractivity contribution in [2.75, 3.05) is 13.2 Å². The van der Waals surface area contributed by atoms with E-state index in [9.17, 15) is 19.5 Å². The molecule has 6 nitrogen and oxygen atoms in total. The molecule has 3 N–H and O–H groups in total. The minimum atomic E-state index is -1.67. The Morgan fingerprint density at radius 3 is 2.18 bits per heavy atom. The lowest BCUT2D eigenvalue weighted by atomic mass is 9.82. The van der Waals surface area contributed by atoms with Gasteiger partial charge in [-0.05, 0) is 40.5 Å². The number of nitrogens with one attached hydrogen (secondary N) is 1. The lowest BCUT2D eigenvalue weighted by molar-refractivity contribution is -0.138. The van der Waals surface area contributed by atoms with E-state index in [1.165, 1.54) is 6.92 Å². The number of ketones is 2. The summed E-state index contributed by atoms with van der Waals surface area (Å²) in [5.41, 5.74) is -0.0905. The van der Waals surface area contributed by atoms with Crippen LogP contribution in [0.4, 0.5) is 0 Å². The summed E-state index contributed by atoms with van der Waals surface area (Å²) in [5.74, 6) is -0.990. The number of carbonyl (C=O) groups excluding carboxylic acids is 3. The molecule has 0 aromatic carbocycles. The topological polar surface area (TPSA) is 104 Å². The normalized spacial score (nSPS) is 18.6. The number of rotatable bonds is 6. The van der Waals surface area contributed by atoms with Gasteiger partial charge in [-0.1, -0.05) is 0 Å². The molecule has 0 saturated heterocycles. The molecule has 0 aromatic rings. The van der Waals surface area contributed by atoms with Crippen molar-refractivity contribution in [1.29, 1.82) is 0 Å². The number of carbonyl (C=O) groups is 3. The van der Waals surface area contributed by atoms with Gasteiger partial charge in [0.1, 0.15) is 5.60 Å². The minimum absolute atomic E-state index is 0.0162. The van der Waals surface area contributed by atoms with E-state index in [2.05, 4.69) is 5.32 Å². The van der Waals surface area contributed by atoms with Gasteiger partial charge < -0.3 is 15.5 Å². The van der Waals surface area contributed by atoms with Gasteiger partial charge in [0.25, 0.3) is 5.91 Å². The molecule has 0 spiro atoms. The van der Waals surface area contributed by atoms with Crippen molar-refractivity contribution in [2.24, 2.45) is 0 Å². The molecule has 1 aliphatic rings. The van der Waals surface area contributed by atoms with Gasteiger partial charge in [-0.25, -0.2) is 0 Å². The lowest BCUT2D eigenvalue weighted by Crippen LogP contribution is -2.45. The zero-order valence-electron chi connectivity index (χ0n) is 13.4. The van der Waals surface area contributed by atoms with Crippen LogP contribution in [0, 0.1) is 0 Å². The number of Topliss-reactive ketones (excluding diaryl/α,β-unsaturated/α-hetero) is 2. The average Bonchev–Trinajstić information content (AvgIpc) is 2.48. The summed E-state index contributed by atoms with van der Waals surface area (Å²) in [4.78, 5) is 36.1.